The lowest BCUT2D eigenvalue weighted by molar-refractivity contribution is 0.102. The first-order valence-corrected chi connectivity index (χ1v) is 7.37. The summed E-state index contributed by atoms with van der Waals surface area (Å²) in [7, 11) is 0. The van der Waals surface area contributed by atoms with Crippen LogP contribution < -0.4 is 10.6 Å². The number of anilines is 3. The smallest absolute Gasteiger partial charge is 0.274 e. The second kappa shape index (κ2) is 7.22. The lowest BCUT2D eigenvalue weighted by atomic mass is 10.2. The van der Waals surface area contributed by atoms with Gasteiger partial charge in [0.2, 0.25) is 0 Å². The maximum atomic E-state index is 13.7. The highest BCUT2D eigenvalue weighted by atomic mass is 19.2. The number of benzene rings is 2. The zero-order valence-electron chi connectivity index (χ0n) is 13.1. The van der Waals surface area contributed by atoms with Crippen LogP contribution in [0, 0.1) is 23.3 Å². The van der Waals surface area contributed by atoms with Gasteiger partial charge in [-0.15, -0.1) is 0 Å². The Labute approximate surface area is 145 Å². The molecular weight excluding hydrogens is 350 g/mol. The molecule has 26 heavy (non-hydrogen) atoms. The average molecular weight is 361 g/mol. The molecule has 0 radical (unpaired) electrons. The van der Waals surface area contributed by atoms with Gasteiger partial charge >= 0.3 is 0 Å². The van der Waals surface area contributed by atoms with Crippen molar-refractivity contribution in [3.8, 4) is 0 Å². The zero-order valence-corrected chi connectivity index (χ0v) is 13.1. The standard InChI is InChI=1S/C18H11F4N3O/c19-10-2-1-3-11(8-10)25-18(26)15-9-12(6-7-23-15)24-14-5-4-13(20)16(21)17(14)22/h1-9H,(H,23,24)(H,25,26). The Kier molecular flexibility index (Phi) is 4.83. The van der Waals surface area contributed by atoms with Crippen LogP contribution in [0.2, 0.25) is 0 Å². The van der Waals surface area contributed by atoms with Crippen molar-refractivity contribution in [3.63, 3.8) is 0 Å². The number of nitrogens with one attached hydrogen (secondary N) is 2. The van der Waals surface area contributed by atoms with Gasteiger partial charge in [0.15, 0.2) is 17.5 Å². The van der Waals surface area contributed by atoms with Crippen LogP contribution in [0.25, 0.3) is 0 Å². The van der Waals surface area contributed by atoms with Crippen molar-refractivity contribution >= 4 is 23.0 Å². The molecule has 0 fully saturated rings. The third-order valence-electron chi connectivity index (χ3n) is 3.39. The van der Waals surface area contributed by atoms with Crippen molar-refractivity contribution < 1.29 is 22.4 Å². The number of hydrogen-bond acceptors (Lipinski definition) is 3. The van der Waals surface area contributed by atoms with Gasteiger partial charge in [-0.1, -0.05) is 6.07 Å². The van der Waals surface area contributed by atoms with Crippen molar-refractivity contribution in [2.75, 3.05) is 10.6 Å². The summed E-state index contributed by atoms with van der Waals surface area (Å²) >= 11 is 0. The largest absolute Gasteiger partial charge is 0.353 e. The Morgan fingerprint density at radius 3 is 2.46 bits per heavy atom. The van der Waals surface area contributed by atoms with Crippen LogP contribution in [0.4, 0.5) is 34.6 Å². The Balaban J connectivity index is 1.80. The van der Waals surface area contributed by atoms with Gasteiger partial charge in [0.25, 0.3) is 5.91 Å². The lowest BCUT2D eigenvalue weighted by Gasteiger charge is -2.10. The fourth-order valence-electron chi connectivity index (χ4n) is 2.17. The molecule has 1 aromatic heterocycles. The summed E-state index contributed by atoms with van der Waals surface area (Å²) in [6.45, 7) is 0. The summed E-state index contributed by atoms with van der Waals surface area (Å²) in [4.78, 5) is 16.1. The van der Waals surface area contributed by atoms with E-state index in [0.717, 1.165) is 18.2 Å². The summed E-state index contributed by atoms with van der Waals surface area (Å²) in [5.74, 6) is -5.43. The quantitative estimate of drug-likeness (QED) is 0.526. The molecule has 0 spiro atoms. The van der Waals surface area contributed by atoms with Crippen LogP contribution in [-0.2, 0) is 0 Å². The number of carbonyl (C=O) groups excluding carboxylic acids is 1. The fourth-order valence-corrected chi connectivity index (χ4v) is 2.17. The minimum Gasteiger partial charge on any atom is -0.353 e. The fraction of sp³-hybridized carbons (Fsp3) is 0. The number of pyridine rings is 1. The number of amides is 1. The summed E-state index contributed by atoms with van der Waals surface area (Å²) in [5, 5.41) is 5.01. The van der Waals surface area contributed by atoms with Crippen molar-refractivity contribution in [2.24, 2.45) is 0 Å². The topological polar surface area (TPSA) is 54.0 Å². The summed E-state index contributed by atoms with van der Waals surface area (Å²) < 4.78 is 53.1. The first-order chi connectivity index (χ1) is 12.4. The third kappa shape index (κ3) is 3.80. The van der Waals surface area contributed by atoms with Crippen molar-refractivity contribution in [3.05, 3.63) is 83.7 Å². The lowest BCUT2D eigenvalue weighted by Crippen LogP contribution is -2.14. The molecule has 1 heterocycles. The molecule has 2 aromatic carbocycles. The normalized spacial score (nSPS) is 10.5. The molecule has 0 saturated carbocycles. The van der Waals surface area contributed by atoms with Gasteiger partial charge in [0.05, 0.1) is 5.69 Å². The second-order valence-corrected chi connectivity index (χ2v) is 5.24. The highest BCUT2D eigenvalue weighted by Crippen LogP contribution is 2.24. The third-order valence-corrected chi connectivity index (χ3v) is 3.39. The van der Waals surface area contributed by atoms with E-state index in [1.54, 1.807) is 0 Å². The van der Waals surface area contributed by atoms with Gasteiger partial charge < -0.3 is 10.6 Å². The second-order valence-electron chi connectivity index (χ2n) is 5.24. The van der Waals surface area contributed by atoms with Gasteiger partial charge in [0.1, 0.15) is 11.5 Å². The van der Waals surface area contributed by atoms with Gasteiger partial charge in [0, 0.05) is 17.6 Å². The van der Waals surface area contributed by atoms with Crippen LogP contribution in [0.5, 0.6) is 0 Å². The molecule has 0 atom stereocenters. The zero-order chi connectivity index (χ0) is 18.7. The predicted molar refractivity (Wildman–Crippen MR) is 88.2 cm³/mol. The molecule has 0 unspecified atom stereocenters. The maximum Gasteiger partial charge on any atom is 0.274 e. The van der Waals surface area contributed by atoms with Gasteiger partial charge in [-0.05, 0) is 42.5 Å². The van der Waals surface area contributed by atoms with Crippen LogP contribution in [0.1, 0.15) is 10.5 Å². The highest BCUT2D eigenvalue weighted by molar-refractivity contribution is 6.03. The van der Waals surface area contributed by atoms with Crippen LogP contribution in [0.3, 0.4) is 0 Å². The summed E-state index contributed by atoms with van der Waals surface area (Å²) in [5.41, 5.74) is 0.130. The average Bonchev–Trinajstić information content (AvgIpc) is 2.62. The van der Waals surface area contributed by atoms with E-state index in [4.69, 9.17) is 0 Å². The van der Waals surface area contributed by atoms with E-state index in [1.165, 1.54) is 36.5 Å². The first-order valence-electron chi connectivity index (χ1n) is 7.37. The molecule has 0 aliphatic carbocycles. The molecule has 0 saturated heterocycles. The van der Waals surface area contributed by atoms with E-state index in [2.05, 4.69) is 15.6 Å². The van der Waals surface area contributed by atoms with Crippen LogP contribution in [0.15, 0.2) is 54.7 Å². The van der Waals surface area contributed by atoms with Crippen LogP contribution >= 0.6 is 0 Å². The van der Waals surface area contributed by atoms with E-state index < -0.39 is 29.2 Å². The van der Waals surface area contributed by atoms with E-state index in [9.17, 15) is 22.4 Å². The summed E-state index contributed by atoms with van der Waals surface area (Å²) in [6, 6.07) is 9.81. The predicted octanol–water partition coefficient (Wildman–Crippen LogP) is 4.63. The highest BCUT2D eigenvalue weighted by Gasteiger charge is 2.14. The number of nitrogens with zero attached hydrogens (tertiary/aromatic N) is 1. The van der Waals surface area contributed by atoms with Gasteiger partial charge in [-0.25, -0.2) is 17.6 Å². The summed E-state index contributed by atoms with van der Waals surface area (Å²) in [6.07, 6.45) is 1.28. The molecule has 3 rings (SSSR count). The minimum atomic E-state index is -1.60. The van der Waals surface area contributed by atoms with Gasteiger partial charge in [-0.2, -0.15) is 0 Å². The molecule has 2 N–H and O–H groups in total. The molecular formula is C18H11F4N3O. The molecule has 4 nitrogen and oxygen atoms in total. The molecule has 8 heteroatoms. The molecule has 0 bridgehead atoms. The number of aromatic nitrogens is 1. The van der Waals surface area contributed by atoms with E-state index in [-0.39, 0.29) is 22.8 Å². The van der Waals surface area contributed by atoms with Gasteiger partial charge in [-0.3, -0.25) is 9.78 Å². The number of rotatable bonds is 4. The van der Waals surface area contributed by atoms with Crippen molar-refractivity contribution in [2.45, 2.75) is 0 Å². The Bertz CT molecular complexity index is 978. The van der Waals surface area contributed by atoms with E-state index in [0.29, 0.717) is 0 Å². The monoisotopic (exact) mass is 361 g/mol. The first kappa shape index (κ1) is 17.4. The number of carbonyl (C=O) groups is 1. The van der Waals surface area contributed by atoms with Crippen molar-refractivity contribution in [1.29, 1.82) is 0 Å². The number of halogens is 4. The molecule has 132 valence electrons. The molecule has 1 amide bonds. The molecule has 0 aliphatic heterocycles. The number of hydrogen-bond donors (Lipinski definition) is 2. The molecule has 3 aromatic rings. The SMILES string of the molecule is O=C(Nc1cccc(F)c1)c1cc(Nc2ccc(F)c(F)c2F)ccn1. The Hall–Kier alpha value is -3.42. The Morgan fingerprint density at radius 1 is 0.885 bits per heavy atom. The van der Waals surface area contributed by atoms with Crippen molar-refractivity contribution in [1.82, 2.24) is 4.98 Å². The molecule has 0 aliphatic rings. The van der Waals surface area contributed by atoms with E-state index in [1.807, 2.05) is 0 Å². The maximum absolute atomic E-state index is 13.7. The van der Waals surface area contributed by atoms with E-state index >= 15 is 0 Å². The minimum absolute atomic E-state index is 0.0396. The Morgan fingerprint density at radius 2 is 1.69 bits per heavy atom. The van der Waals surface area contributed by atoms with Crippen LogP contribution in [-0.4, -0.2) is 10.9 Å².